The first-order valence-corrected chi connectivity index (χ1v) is 5.57. The van der Waals surface area contributed by atoms with Gasteiger partial charge >= 0.3 is 77.9 Å². The molecule has 0 saturated heterocycles. The second kappa shape index (κ2) is 4.82. The van der Waals surface area contributed by atoms with Gasteiger partial charge in [-0.1, -0.05) is 0 Å². The molecule has 12 heavy (non-hydrogen) atoms. The zero-order valence-electron chi connectivity index (χ0n) is 6.78. The van der Waals surface area contributed by atoms with Crippen molar-refractivity contribution >= 4 is 19.4 Å². The number of rotatable bonds is 3. The van der Waals surface area contributed by atoms with Crippen LogP contribution in [0.4, 0.5) is 0 Å². The van der Waals surface area contributed by atoms with Crippen LogP contribution in [0.1, 0.15) is 0 Å². The molecule has 0 spiro atoms. The fourth-order valence-electron chi connectivity index (χ4n) is 0.788. The Bertz CT molecular complexity index is 276. The maximum atomic E-state index is 8.37. The molecule has 0 unspecified atom stereocenters. The minimum atomic E-state index is 0.293. The van der Waals surface area contributed by atoms with E-state index in [-0.39, 0.29) is 0 Å². The number of ether oxygens (including phenoxy) is 1. The average Bonchev–Trinajstić information content (AvgIpc) is 2.15. The summed E-state index contributed by atoms with van der Waals surface area (Å²) in [7, 11) is 1.65. The molecule has 0 atom stereocenters. The van der Waals surface area contributed by atoms with E-state index in [1.807, 2.05) is 24.3 Å². The van der Waals surface area contributed by atoms with Crippen molar-refractivity contribution in [2.24, 2.45) is 0 Å². The Labute approximate surface area is 78.3 Å². The first kappa shape index (κ1) is 9.12. The Morgan fingerprint density at radius 1 is 1.42 bits per heavy atom. The molecule has 0 amide bonds. The zero-order chi connectivity index (χ0) is 8.81. The standard InChI is InChI=1S/C9H9NOSe/c1-11-8-2-4-9(5-3-8)12-7-6-10/h2-5H,7H2,1H3. The van der Waals surface area contributed by atoms with Crippen LogP contribution in [0.5, 0.6) is 5.75 Å². The number of nitrogens with zero attached hydrogens (tertiary/aromatic N) is 1. The van der Waals surface area contributed by atoms with Crippen LogP contribution in [-0.4, -0.2) is 22.1 Å². The third kappa shape index (κ3) is 2.58. The van der Waals surface area contributed by atoms with Gasteiger partial charge in [-0.2, -0.15) is 0 Å². The van der Waals surface area contributed by atoms with Gasteiger partial charge in [-0.05, 0) is 0 Å². The van der Waals surface area contributed by atoms with Crippen LogP contribution in [0.3, 0.4) is 0 Å². The molecule has 0 heterocycles. The maximum absolute atomic E-state index is 8.37. The number of benzene rings is 1. The van der Waals surface area contributed by atoms with E-state index in [0.717, 1.165) is 5.75 Å². The average molecular weight is 226 g/mol. The topological polar surface area (TPSA) is 33.0 Å². The van der Waals surface area contributed by atoms with E-state index in [1.165, 1.54) is 4.46 Å². The van der Waals surface area contributed by atoms with E-state index >= 15 is 0 Å². The van der Waals surface area contributed by atoms with E-state index in [1.54, 1.807) is 7.11 Å². The van der Waals surface area contributed by atoms with Gasteiger partial charge in [-0.15, -0.1) is 0 Å². The summed E-state index contributed by atoms with van der Waals surface area (Å²) in [4.78, 5) is 0. The third-order valence-electron chi connectivity index (χ3n) is 1.36. The van der Waals surface area contributed by atoms with Gasteiger partial charge in [0.2, 0.25) is 0 Å². The molecule has 62 valence electrons. The normalized spacial score (nSPS) is 9.00. The van der Waals surface area contributed by atoms with E-state index < -0.39 is 0 Å². The molecule has 0 N–H and O–H groups in total. The fraction of sp³-hybridized carbons (Fsp3) is 0.222. The van der Waals surface area contributed by atoms with E-state index in [0.29, 0.717) is 20.3 Å². The fourth-order valence-corrected chi connectivity index (χ4v) is 1.96. The Hall–Kier alpha value is -0.971. The molecular formula is C9H9NOSe. The summed E-state index contributed by atoms with van der Waals surface area (Å²) >= 11 is 0.293. The third-order valence-corrected chi connectivity index (χ3v) is 3.21. The molecule has 0 aliphatic carbocycles. The number of nitriles is 1. The van der Waals surface area contributed by atoms with Crippen LogP contribution < -0.4 is 9.20 Å². The first-order valence-electron chi connectivity index (χ1n) is 3.50. The van der Waals surface area contributed by atoms with Crippen molar-refractivity contribution in [1.29, 1.82) is 5.26 Å². The Kier molecular flexibility index (Phi) is 3.66. The van der Waals surface area contributed by atoms with Gasteiger partial charge in [0, 0.05) is 0 Å². The van der Waals surface area contributed by atoms with Crippen LogP contribution in [0.25, 0.3) is 0 Å². The van der Waals surface area contributed by atoms with Gasteiger partial charge in [0.1, 0.15) is 0 Å². The van der Waals surface area contributed by atoms with Crippen LogP contribution in [-0.2, 0) is 0 Å². The van der Waals surface area contributed by atoms with Gasteiger partial charge in [-0.25, -0.2) is 0 Å². The second-order valence-corrected chi connectivity index (χ2v) is 4.32. The minimum absolute atomic E-state index is 0.293. The summed E-state index contributed by atoms with van der Waals surface area (Å²) in [5.74, 6) is 0.867. The van der Waals surface area contributed by atoms with Crippen LogP contribution in [0.2, 0.25) is 5.32 Å². The molecule has 2 nitrogen and oxygen atoms in total. The Morgan fingerprint density at radius 2 is 2.08 bits per heavy atom. The molecular weight excluding hydrogens is 217 g/mol. The molecule has 0 fully saturated rings. The molecule has 1 aromatic rings. The molecule has 0 radical (unpaired) electrons. The van der Waals surface area contributed by atoms with Gasteiger partial charge in [0.15, 0.2) is 0 Å². The van der Waals surface area contributed by atoms with Crippen molar-refractivity contribution in [3.63, 3.8) is 0 Å². The van der Waals surface area contributed by atoms with Crippen molar-refractivity contribution in [2.45, 2.75) is 5.32 Å². The van der Waals surface area contributed by atoms with Crippen molar-refractivity contribution < 1.29 is 4.74 Å². The molecule has 0 aliphatic heterocycles. The zero-order valence-corrected chi connectivity index (χ0v) is 8.49. The molecule has 1 rings (SSSR count). The molecule has 3 heteroatoms. The van der Waals surface area contributed by atoms with Crippen molar-refractivity contribution in [3.8, 4) is 11.8 Å². The second-order valence-electron chi connectivity index (χ2n) is 2.12. The van der Waals surface area contributed by atoms with Crippen LogP contribution in [0.15, 0.2) is 24.3 Å². The molecule has 0 bridgehead atoms. The monoisotopic (exact) mass is 227 g/mol. The summed E-state index contributed by atoms with van der Waals surface area (Å²) in [6.07, 6.45) is 0. The van der Waals surface area contributed by atoms with Crippen molar-refractivity contribution in [2.75, 3.05) is 7.11 Å². The van der Waals surface area contributed by atoms with E-state index in [4.69, 9.17) is 10.00 Å². The van der Waals surface area contributed by atoms with Crippen molar-refractivity contribution in [1.82, 2.24) is 0 Å². The first-order chi connectivity index (χ1) is 5.86. The van der Waals surface area contributed by atoms with Crippen LogP contribution in [0, 0.1) is 11.3 Å². The predicted octanol–water partition coefficient (Wildman–Crippen LogP) is 0.967. The number of hydrogen-bond acceptors (Lipinski definition) is 2. The van der Waals surface area contributed by atoms with Gasteiger partial charge < -0.3 is 0 Å². The molecule has 0 aromatic heterocycles. The molecule has 1 aromatic carbocycles. The molecule has 0 aliphatic rings. The van der Waals surface area contributed by atoms with E-state index in [9.17, 15) is 0 Å². The number of hydrogen-bond donors (Lipinski definition) is 0. The summed E-state index contributed by atoms with van der Waals surface area (Å²) < 4.78 is 6.26. The summed E-state index contributed by atoms with van der Waals surface area (Å²) in [5, 5.41) is 9.01. The van der Waals surface area contributed by atoms with Crippen molar-refractivity contribution in [3.05, 3.63) is 24.3 Å². The predicted molar refractivity (Wildman–Crippen MR) is 48.8 cm³/mol. The quantitative estimate of drug-likeness (QED) is 0.719. The SMILES string of the molecule is COc1ccc([Se]CC#N)cc1. The number of methoxy groups -OCH3 is 1. The van der Waals surface area contributed by atoms with E-state index in [2.05, 4.69) is 6.07 Å². The summed E-state index contributed by atoms with van der Waals surface area (Å²) in [5.41, 5.74) is 0. The Balaban J connectivity index is 2.60. The summed E-state index contributed by atoms with van der Waals surface area (Å²) in [6.45, 7) is 0. The Morgan fingerprint density at radius 3 is 2.58 bits per heavy atom. The van der Waals surface area contributed by atoms with Gasteiger partial charge in [-0.3, -0.25) is 0 Å². The molecule has 0 saturated carbocycles. The summed E-state index contributed by atoms with van der Waals surface area (Å²) in [6, 6.07) is 10.0. The van der Waals surface area contributed by atoms with Gasteiger partial charge in [0.05, 0.1) is 0 Å². The van der Waals surface area contributed by atoms with Crippen LogP contribution >= 0.6 is 0 Å². The van der Waals surface area contributed by atoms with Gasteiger partial charge in [0.25, 0.3) is 0 Å².